The molecular formula is C19H26N2O4. The van der Waals surface area contributed by atoms with E-state index in [-0.39, 0.29) is 35.4 Å². The molecule has 0 unspecified atom stereocenters. The van der Waals surface area contributed by atoms with Crippen LogP contribution in [0.15, 0.2) is 22.8 Å². The second-order valence-electron chi connectivity index (χ2n) is 7.46. The smallest absolute Gasteiger partial charge is 0.290 e. The Hall–Kier alpha value is -1.82. The molecule has 1 N–H and O–H groups in total. The van der Waals surface area contributed by atoms with E-state index in [1.807, 2.05) is 6.92 Å². The van der Waals surface area contributed by atoms with Crippen LogP contribution in [0.25, 0.3) is 0 Å². The lowest BCUT2D eigenvalue weighted by Gasteiger charge is -2.61. The second-order valence-corrected chi connectivity index (χ2v) is 7.46. The summed E-state index contributed by atoms with van der Waals surface area (Å²) in [5, 5.41) is 3.23. The lowest BCUT2D eigenvalue weighted by atomic mass is 9.51. The van der Waals surface area contributed by atoms with Crippen molar-refractivity contribution in [2.24, 2.45) is 5.41 Å². The molecule has 0 bridgehead atoms. The highest BCUT2D eigenvalue weighted by Crippen LogP contribution is 2.57. The Labute approximate surface area is 147 Å². The van der Waals surface area contributed by atoms with Crippen molar-refractivity contribution >= 4 is 11.8 Å². The molecule has 2 saturated carbocycles. The molecule has 0 aromatic carbocycles. The first-order valence-corrected chi connectivity index (χ1v) is 9.42. The molecule has 25 heavy (non-hydrogen) atoms. The van der Waals surface area contributed by atoms with E-state index >= 15 is 0 Å². The molecule has 1 aromatic rings. The molecular weight excluding hydrogens is 320 g/mol. The van der Waals surface area contributed by atoms with Crippen LogP contribution >= 0.6 is 0 Å². The number of hydrogen-bond acceptors (Lipinski definition) is 4. The topological polar surface area (TPSA) is 71.8 Å². The van der Waals surface area contributed by atoms with Crippen molar-refractivity contribution < 1.29 is 18.7 Å². The van der Waals surface area contributed by atoms with Gasteiger partial charge in [0.25, 0.3) is 5.91 Å². The van der Waals surface area contributed by atoms with Gasteiger partial charge in [0.15, 0.2) is 5.76 Å². The SMILES string of the molecule is CCO[C@@H]1C[C@H](NC(=O)[C@@H]2CCCN2C(=O)c2ccco2)C12CCC2. The molecule has 4 rings (SSSR count). The van der Waals surface area contributed by atoms with Gasteiger partial charge in [-0.05, 0) is 51.2 Å². The summed E-state index contributed by atoms with van der Waals surface area (Å²) in [6.07, 6.45) is 7.68. The van der Waals surface area contributed by atoms with Crippen LogP contribution in [0.2, 0.25) is 0 Å². The zero-order valence-corrected chi connectivity index (χ0v) is 14.7. The minimum absolute atomic E-state index is 0.0244. The summed E-state index contributed by atoms with van der Waals surface area (Å²) in [6.45, 7) is 3.35. The van der Waals surface area contributed by atoms with Gasteiger partial charge in [-0.15, -0.1) is 0 Å². The second kappa shape index (κ2) is 6.48. The van der Waals surface area contributed by atoms with Crippen LogP contribution in [0.1, 0.15) is 56.0 Å². The highest BCUT2D eigenvalue weighted by molar-refractivity contribution is 5.96. The first-order valence-electron chi connectivity index (χ1n) is 9.42. The average Bonchev–Trinajstić information content (AvgIpc) is 3.22. The summed E-state index contributed by atoms with van der Waals surface area (Å²) in [5.41, 5.74) is 0.139. The van der Waals surface area contributed by atoms with Crippen molar-refractivity contribution in [3.63, 3.8) is 0 Å². The minimum atomic E-state index is -0.388. The van der Waals surface area contributed by atoms with Crippen LogP contribution < -0.4 is 5.32 Å². The van der Waals surface area contributed by atoms with E-state index in [0.717, 1.165) is 32.3 Å². The van der Waals surface area contributed by atoms with Crippen molar-refractivity contribution in [3.05, 3.63) is 24.2 Å². The van der Waals surface area contributed by atoms with Gasteiger partial charge in [0.2, 0.25) is 5.91 Å². The number of carbonyl (C=O) groups is 2. The summed E-state index contributed by atoms with van der Waals surface area (Å²) in [5.74, 6) is 0.0839. The lowest BCUT2D eigenvalue weighted by Crippen LogP contribution is -2.68. The fraction of sp³-hybridized carbons (Fsp3) is 0.684. The summed E-state index contributed by atoms with van der Waals surface area (Å²) >= 11 is 0. The molecule has 136 valence electrons. The highest BCUT2D eigenvalue weighted by Gasteiger charge is 2.59. The molecule has 1 aromatic heterocycles. The fourth-order valence-corrected chi connectivity index (χ4v) is 4.73. The third kappa shape index (κ3) is 2.67. The average molecular weight is 346 g/mol. The molecule has 3 aliphatic rings. The van der Waals surface area contributed by atoms with Gasteiger partial charge in [-0.2, -0.15) is 0 Å². The van der Waals surface area contributed by atoms with Gasteiger partial charge in [-0.3, -0.25) is 9.59 Å². The molecule has 1 saturated heterocycles. The monoisotopic (exact) mass is 346 g/mol. The molecule has 3 fully saturated rings. The van der Waals surface area contributed by atoms with Crippen LogP contribution in [0, 0.1) is 5.41 Å². The predicted octanol–water partition coefficient (Wildman–Crippen LogP) is 2.35. The number of ether oxygens (including phenoxy) is 1. The van der Waals surface area contributed by atoms with Gasteiger partial charge in [-0.1, -0.05) is 6.42 Å². The van der Waals surface area contributed by atoms with Crippen LogP contribution in [-0.4, -0.2) is 48.1 Å². The quantitative estimate of drug-likeness (QED) is 0.888. The molecule has 1 aliphatic heterocycles. The maximum absolute atomic E-state index is 12.8. The fourth-order valence-electron chi connectivity index (χ4n) is 4.73. The molecule has 3 atom stereocenters. The van der Waals surface area contributed by atoms with Gasteiger partial charge in [0.05, 0.1) is 12.4 Å². The van der Waals surface area contributed by atoms with Crippen LogP contribution in [0.3, 0.4) is 0 Å². The van der Waals surface area contributed by atoms with Crippen molar-refractivity contribution in [2.45, 2.75) is 63.6 Å². The highest BCUT2D eigenvalue weighted by atomic mass is 16.5. The summed E-state index contributed by atoms with van der Waals surface area (Å²) < 4.78 is 11.1. The molecule has 6 nitrogen and oxygen atoms in total. The number of rotatable bonds is 5. The number of nitrogens with one attached hydrogen (secondary N) is 1. The predicted molar refractivity (Wildman–Crippen MR) is 91.0 cm³/mol. The minimum Gasteiger partial charge on any atom is -0.459 e. The Morgan fingerprint density at radius 2 is 2.24 bits per heavy atom. The lowest BCUT2D eigenvalue weighted by molar-refractivity contribution is -0.176. The van der Waals surface area contributed by atoms with E-state index in [1.165, 1.54) is 12.7 Å². The van der Waals surface area contributed by atoms with Crippen molar-refractivity contribution in [2.75, 3.05) is 13.2 Å². The third-order valence-electron chi connectivity index (χ3n) is 6.30. The zero-order valence-electron chi connectivity index (χ0n) is 14.7. The van der Waals surface area contributed by atoms with Crippen LogP contribution in [0.5, 0.6) is 0 Å². The molecule has 2 aliphatic carbocycles. The standard InChI is InChI=1S/C19H26N2O4/c1-2-24-16-12-15(19(16)8-5-9-19)20-17(22)13-6-3-10-21(13)18(23)14-7-4-11-25-14/h4,7,11,13,15-16H,2-3,5-6,8-10,12H2,1H3,(H,20,22)/t13-,15-,16+/m0/s1. The zero-order chi connectivity index (χ0) is 17.4. The third-order valence-corrected chi connectivity index (χ3v) is 6.30. The Morgan fingerprint density at radius 1 is 1.40 bits per heavy atom. The number of amides is 2. The molecule has 1 spiro atoms. The van der Waals surface area contributed by atoms with Crippen molar-refractivity contribution in [3.8, 4) is 0 Å². The van der Waals surface area contributed by atoms with E-state index in [1.54, 1.807) is 17.0 Å². The Balaban J connectivity index is 1.40. The summed E-state index contributed by atoms with van der Waals surface area (Å²) in [7, 11) is 0. The van der Waals surface area contributed by atoms with Gasteiger partial charge < -0.3 is 19.4 Å². The van der Waals surface area contributed by atoms with E-state index in [9.17, 15) is 9.59 Å². The Morgan fingerprint density at radius 3 is 2.88 bits per heavy atom. The number of likely N-dealkylation sites (tertiary alicyclic amines) is 1. The molecule has 2 amide bonds. The van der Waals surface area contributed by atoms with Crippen LogP contribution in [0.4, 0.5) is 0 Å². The first kappa shape index (κ1) is 16.6. The number of furan rings is 1. The molecule has 0 radical (unpaired) electrons. The molecule has 6 heteroatoms. The Kier molecular flexibility index (Phi) is 4.31. The number of nitrogens with zero attached hydrogens (tertiary/aromatic N) is 1. The van der Waals surface area contributed by atoms with Crippen LogP contribution in [-0.2, 0) is 9.53 Å². The van der Waals surface area contributed by atoms with E-state index in [2.05, 4.69) is 5.32 Å². The Bertz CT molecular complexity index is 638. The van der Waals surface area contributed by atoms with Crippen molar-refractivity contribution in [1.82, 2.24) is 10.2 Å². The summed E-state index contributed by atoms with van der Waals surface area (Å²) in [6, 6.07) is 3.14. The van der Waals surface area contributed by atoms with Crippen molar-refractivity contribution in [1.29, 1.82) is 0 Å². The number of hydrogen-bond donors (Lipinski definition) is 1. The number of carbonyl (C=O) groups excluding carboxylic acids is 2. The van der Waals surface area contributed by atoms with E-state index < -0.39 is 0 Å². The van der Waals surface area contributed by atoms with Gasteiger partial charge in [0, 0.05) is 24.6 Å². The van der Waals surface area contributed by atoms with E-state index in [4.69, 9.17) is 9.15 Å². The van der Waals surface area contributed by atoms with Gasteiger partial charge in [-0.25, -0.2) is 0 Å². The summed E-state index contributed by atoms with van der Waals surface area (Å²) in [4.78, 5) is 27.1. The maximum Gasteiger partial charge on any atom is 0.290 e. The first-order chi connectivity index (χ1) is 12.2. The normalized spacial score (nSPS) is 30.0. The van der Waals surface area contributed by atoms with E-state index in [0.29, 0.717) is 18.7 Å². The largest absolute Gasteiger partial charge is 0.459 e. The van der Waals surface area contributed by atoms with Gasteiger partial charge >= 0.3 is 0 Å². The van der Waals surface area contributed by atoms with Gasteiger partial charge in [0.1, 0.15) is 6.04 Å². The maximum atomic E-state index is 12.8. The molecule has 2 heterocycles.